The molecule has 0 radical (unpaired) electrons. The normalized spacial score (nSPS) is 14.7. The quantitative estimate of drug-likeness (QED) is 0.293. The molecule has 3 amide bonds. The summed E-state index contributed by atoms with van der Waals surface area (Å²) in [5.41, 5.74) is 7.48. The average molecular weight is 467 g/mol. The van der Waals surface area contributed by atoms with Crippen LogP contribution in [0.4, 0.5) is 5.69 Å². The third-order valence-electron chi connectivity index (χ3n) is 5.67. The molecule has 1 heterocycles. The van der Waals surface area contributed by atoms with Crippen molar-refractivity contribution in [2.24, 2.45) is 5.92 Å². The number of nitrogen functional groups attached to an aromatic ring is 1. The molecular weight excluding hydrogens is 436 g/mol. The van der Waals surface area contributed by atoms with Crippen molar-refractivity contribution in [3.8, 4) is 0 Å². The lowest BCUT2D eigenvalue weighted by molar-refractivity contribution is -0.140. The fourth-order valence-electron chi connectivity index (χ4n) is 3.92. The third-order valence-corrected chi connectivity index (χ3v) is 5.67. The predicted octanol–water partition coefficient (Wildman–Crippen LogP) is 2.03. The molecule has 0 bridgehead atoms. The second-order valence-electron chi connectivity index (χ2n) is 8.80. The number of nitrogens with one attached hydrogen (secondary N) is 2. The lowest BCUT2D eigenvalue weighted by atomic mass is 10.0. The second-order valence-corrected chi connectivity index (χ2v) is 8.80. The molecule has 34 heavy (non-hydrogen) atoms. The monoisotopic (exact) mass is 466 g/mol. The first-order valence-corrected chi connectivity index (χ1v) is 11.2. The largest absolute Gasteiger partial charge is 0.480 e. The van der Waals surface area contributed by atoms with E-state index in [0.29, 0.717) is 18.7 Å². The number of nitrogens with two attached hydrogens (primary N) is 1. The summed E-state index contributed by atoms with van der Waals surface area (Å²) < 4.78 is 0. The van der Waals surface area contributed by atoms with Crippen molar-refractivity contribution in [3.63, 3.8) is 0 Å². The van der Waals surface area contributed by atoms with E-state index in [2.05, 4.69) is 10.6 Å². The fraction of sp³-hybridized carbons (Fsp3) is 0.360. The van der Waals surface area contributed by atoms with E-state index in [1.807, 2.05) is 44.2 Å². The number of anilines is 1. The molecule has 0 aromatic heterocycles. The Morgan fingerprint density at radius 1 is 1.00 bits per heavy atom. The van der Waals surface area contributed by atoms with E-state index >= 15 is 0 Å². The number of carbonyl (C=O) groups is 4. The summed E-state index contributed by atoms with van der Waals surface area (Å²) in [6.07, 6.45) is 0.382. The molecule has 3 rings (SSSR count). The lowest BCUT2D eigenvalue weighted by Crippen LogP contribution is -2.52. The number of hydrogen-bond acceptors (Lipinski definition) is 6. The van der Waals surface area contributed by atoms with Gasteiger partial charge in [-0.2, -0.15) is 0 Å². The number of hydrogen-bond donors (Lipinski definition) is 4. The molecule has 180 valence electrons. The molecule has 5 N–H and O–H groups in total. The zero-order valence-electron chi connectivity index (χ0n) is 19.3. The summed E-state index contributed by atoms with van der Waals surface area (Å²) >= 11 is 0. The summed E-state index contributed by atoms with van der Waals surface area (Å²) in [6.45, 7) is 4.11. The number of carbonyl (C=O) groups excluding carboxylic acids is 3. The van der Waals surface area contributed by atoms with Gasteiger partial charge in [-0.25, -0.2) is 0 Å². The number of carboxylic acid groups (broad SMARTS) is 1. The van der Waals surface area contributed by atoms with Crippen LogP contribution in [0.3, 0.4) is 0 Å². The van der Waals surface area contributed by atoms with Gasteiger partial charge in [0.2, 0.25) is 5.91 Å². The van der Waals surface area contributed by atoms with E-state index < -0.39 is 29.9 Å². The van der Waals surface area contributed by atoms with Gasteiger partial charge in [-0.15, -0.1) is 0 Å². The van der Waals surface area contributed by atoms with Gasteiger partial charge in [-0.05, 0) is 42.5 Å². The van der Waals surface area contributed by atoms with Gasteiger partial charge in [-0.1, -0.05) is 44.2 Å². The first kappa shape index (κ1) is 24.9. The van der Waals surface area contributed by atoms with Gasteiger partial charge in [-0.3, -0.25) is 29.4 Å². The molecule has 2 aromatic carbocycles. The maximum absolute atomic E-state index is 12.9. The lowest BCUT2D eigenvalue weighted by Gasteiger charge is -2.25. The highest BCUT2D eigenvalue weighted by Gasteiger charge is 2.36. The zero-order chi connectivity index (χ0) is 24.8. The smallest absolute Gasteiger partial charge is 0.320 e. The first-order valence-electron chi connectivity index (χ1n) is 11.2. The van der Waals surface area contributed by atoms with Crippen LogP contribution >= 0.6 is 0 Å². The predicted molar refractivity (Wildman–Crippen MR) is 127 cm³/mol. The van der Waals surface area contributed by atoms with Crippen molar-refractivity contribution >= 4 is 29.4 Å². The molecule has 0 saturated heterocycles. The maximum Gasteiger partial charge on any atom is 0.320 e. The minimum absolute atomic E-state index is 0.0448. The average Bonchev–Trinajstić information content (AvgIpc) is 3.03. The molecule has 2 aromatic rings. The van der Waals surface area contributed by atoms with Crippen molar-refractivity contribution in [2.45, 2.75) is 45.3 Å². The molecule has 1 aliphatic heterocycles. The third kappa shape index (κ3) is 5.99. The van der Waals surface area contributed by atoms with Crippen molar-refractivity contribution in [1.29, 1.82) is 0 Å². The topological polar surface area (TPSA) is 142 Å². The highest BCUT2D eigenvalue weighted by atomic mass is 16.4. The summed E-state index contributed by atoms with van der Waals surface area (Å²) in [6, 6.07) is 12.0. The molecule has 0 saturated carbocycles. The Kier molecular flexibility index (Phi) is 8.01. The summed E-state index contributed by atoms with van der Waals surface area (Å²) in [5.74, 6) is -2.32. The minimum atomic E-state index is -1.16. The zero-order valence-corrected chi connectivity index (χ0v) is 19.3. The Labute approximate surface area is 198 Å². The Morgan fingerprint density at radius 3 is 2.32 bits per heavy atom. The molecule has 0 fully saturated rings. The van der Waals surface area contributed by atoms with Crippen LogP contribution < -0.4 is 16.4 Å². The van der Waals surface area contributed by atoms with Crippen molar-refractivity contribution < 1.29 is 24.3 Å². The Hall–Kier alpha value is -3.72. The number of imide groups is 1. The summed E-state index contributed by atoms with van der Waals surface area (Å²) in [7, 11) is 0. The molecule has 1 aliphatic rings. The van der Waals surface area contributed by atoms with Crippen LogP contribution in [0.5, 0.6) is 0 Å². The van der Waals surface area contributed by atoms with Gasteiger partial charge in [0.15, 0.2) is 0 Å². The van der Waals surface area contributed by atoms with E-state index in [-0.39, 0.29) is 35.9 Å². The van der Waals surface area contributed by atoms with Gasteiger partial charge in [0.05, 0.1) is 17.2 Å². The number of nitrogens with zero attached hydrogens (tertiary/aromatic N) is 1. The molecule has 2 atom stereocenters. The molecular formula is C25H30N4O5. The van der Waals surface area contributed by atoms with E-state index in [0.717, 1.165) is 10.5 Å². The number of fused-ring (bicyclic) bond motifs is 1. The van der Waals surface area contributed by atoms with Crippen molar-refractivity contribution in [3.05, 3.63) is 65.2 Å². The van der Waals surface area contributed by atoms with Crippen molar-refractivity contribution in [2.75, 3.05) is 12.3 Å². The Morgan fingerprint density at radius 2 is 1.68 bits per heavy atom. The van der Waals surface area contributed by atoms with Gasteiger partial charge in [0, 0.05) is 18.8 Å². The van der Waals surface area contributed by atoms with Crippen LogP contribution in [0.2, 0.25) is 0 Å². The number of rotatable bonds is 11. The number of amides is 3. The highest BCUT2D eigenvalue weighted by Crippen LogP contribution is 2.25. The summed E-state index contributed by atoms with van der Waals surface area (Å²) in [5, 5.41) is 15.5. The van der Waals surface area contributed by atoms with Crippen LogP contribution in [-0.4, -0.2) is 52.3 Å². The number of benzene rings is 2. The summed E-state index contributed by atoms with van der Waals surface area (Å²) in [4.78, 5) is 51.1. The standard InChI is InChI=1S/C25H30N4O5/c1-15(2)12-21(22(30)27-14-16-6-4-3-5-7-16)28-20(25(33)34)10-11-29-23(31)18-9-8-17(26)13-19(18)24(29)32/h3-9,13,15,20-21,28H,10-12,14,26H2,1-2H3,(H,27,30)(H,33,34)/t20?,21-/m1/s1. The van der Waals surface area contributed by atoms with Crippen LogP contribution in [0.25, 0.3) is 0 Å². The number of aliphatic carboxylic acids is 1. The van der Waals surface area contributed by atoms with E-state index in [4.69, 9.17) is 5.73 Å². The highest BCUT2D eigenvalue weighted by molar-refractivity contribution is 6.21. The Bertz CT molecular complexity index is 1070. The van der Waals surface area contributed by atoms with Crippen molar-refractivity contribution in [1.82, 2.24) is 15.5 Å². The van der Waals surface area contributed by atoms with Gasteiger partial charge < -0.3 is 16.2 Å². The maximum atomic E-state index is 12.9. The van der Waals surface area contributed by atoms with Crippen LogP contribution in [0, 0.1) is 5.92 Å². The molecule has 1 unspecified atom stereocenters. The minimum Gasteiger partial charge on any atom is -0.480 e. The first-order chi connectivity index (χ1) is 16.2. The fourth-order valence-corrected chi connectivity index (χ4v) is 3.92. The van der Waals surface area contributed by atoms with Crippen LogP contribution in [0.15, 0.2) is 48.5 Å². The molecule has 0 spiro atoms. The van der Waals surface area contributed by atoms with Crippen LogP contribution in [0.1, 0.15) is 53.0 Å². The van der Waals surface area contributed by atoms with E-state index in [1.165, 1.54) is 12.1 Å². The van der Waals surface area contributed by atoms with Gasteiger partial charge >= 0.3 is 5.97 Å². The Balaban J connectivity index is 1.65. The molecule has 9 heteroatoms. The van der Waals surface area contributed by atoms with E-state index in [9.17, 15) is 24.3 Å². The van der Waals surface area contributed by atoms with Gasteiger partial charge in [0.1, 0.15) is 6.04 Å². The van der Waals surface area contributed by atoms with E-state index in [1.54, 1.807) is 6.07 Å². The second kappa shape index (κ2) is 10.9. The van der Waals surface area contributed by atoms with Crippen LogP contribution in [-0.2, 0) is 16.1 Å². The van der Waals surface area contributed by atoms with Gasteiger partial charge in [0.25, 0.3) is 11.8 Å². The molecule has 9 nitrogen and oxygen atoms in total. The number of carboxylic acids is 1. The molecule has 0 aliphatic carbocycles. The SMILES string of the molecule is CC(C)C[C@@H](NC(CCN1C(=O)c2ccc(N)cc2C1=O)C(=O)O)C(=O)NCc1ccccc1.